The fourth-order valence-corrected chi connectivity index (χ4v) is 2.25. The van der Waals surface area contributed by atoms with Gasteiger partial charge in [-0.15, -0.1) is 0 Å². The van der Waals surface area contributed by atoms with Gasteiger partial charge in [0.25, 0.3) is 5.91 Å². The van der Waals surface area contributed by atoms with Crippen LogP contribution in [-0.2, 0) is 11.3 Å². The Balaban J connectivity index is 1.75. The number of phenols is 1. The van der Waals surface area contributed by atoms with E-state index >= 15 is 0 Å². The van der Waals surface area contributed by atoms with Crippen LogP contribution in [0.2, 0.25) is 0 Å². The lowest BCUT2D eigenvalue weighted by atomic mass is 10.1. The fourth-order valence-electron chi connectivity index (χ4n) is 2.25. The van der Waals surface area contributed by atoms with Gasteiger partial charge in [0.1, 0.15) is 11.5 Å². The van der Waals surface area contributed by atoms with Crippen LogP contribution < -0.4 is 15.4 Å². The second-order valence-corrected chi connectivity index (χ2v) is 4.98. The molecule has 21 heavy (non-hydrogen) atoms. The predicted octanol–water partition coefficient (Wildman–Crippen LogP) is 2.64. The van der Waals surface area contributed by atoms with Crippen molar-refractivity contribution in [2.45, 2.75) is 13.5 Å². The third-order valence-corrected chi connectivity index (χ3v) is 3.42. The third-order valence-electron chi connectivity index (χ3n) is 3.42. The average Bonchev–Trinajstić information content (AvgIpc) is 2.48. The molecule has 0 unspecified atom stereocenters. The number of phenolic OH excluding ortho intramolecular Hbond substituents is 1. The van der Waals surface area contributed by atoms with Crippen molar-refractivity contribution in [1.82, 2.24) is 0 Å². The van der Waals surface area contributed by atoms with E-state index < -0.39 is 0 Å². The van der Waals surface area contributed by atoms with Gasteiger partial charge in [0, 0.05) is 17.8 Å². The Hall–Kier alpha value is -2.69. The summed E-state index contributed by atoms with van der Waals surface area (Å²) in [5, 5.41) is 16.0. The van der Waals surface area contributed by atoms with E-state index in [1.165, 1.54) is 0 Å². The lowest BCUT2D eigenvalue weighted by molar-refractivity contribution is -0.118. The first-order chi connectivity index (χ1) is 10.1. The summed E-state index contributed by atoms with van der Waals surface area (Å²) in [6.45, 7) is 2.42. The molecule has 2 aromatic rings. The summed E-state index contributed by atoms with van der Waals surface area (Å²) in [7, 11) is 0. The molecule has 108 valence electrons. The molecular weight excluding hydrogens is 268 g/mol. The van der Waals surface area contributed by atoms with E-state index in [0.29, 0.717) is 23.7 Å². The average molecular weight is 284 g/mol. The molecule has 0 aliphatic carbocycles. The SMILES string of the molecule is Cc1cccc(CNc2ccc3c(c2)NC(=O)CO3)c1O. The molecule has 2 aromatic carbocycles. The predicted molar refractivity (Wildman–Crippen MR) is 80.7 cm³/mol. The van der Waals surface area contributed by atoms with E-state index in [1.54, 1.807) is 0 Å². The minimum atomic E-state index is -0.157. The van der Waals surface area contributed by atoms with Gasteiger partial charge < -0.3 is 20.5 Å². The number of aryl methyl sites for hydroxylation is 1. The van der Waals surface area contributed by atoms with Gasteiger partial charge in [0.2, 0.25) is 0 Å². The van der Waals surface area contributed by atoms with Crippen LogP contribution >= 0.6 is 0 Å². The number of amides is 1. The zero-order valence-electron chi connectivity index (χ0n) is 11.6. The van der Waals surface area contributed by atoms with Gasteiger partial charge in [0.05, 0.1) is 5.69 Å². The number of fused-ring (bicyclic) bond motifs is 1. The molecule has 0 atom stereocenters. The Kier molecular flexibility index (Phi) is 3.39. The van der Waals surface area contributed by atoms with E-state index in [-0.39, 0.29) is 12.5 Å². The van der Waals surface area contributed by atoms with Crippen molar-refractivity contribution < 1.29 is 14.6 Å². The largest absolute Gasteiger partial charge is 0.507 e. The lowest BCUT2D eigenvalue weighted by Crippen LogP contribution is -2.25. The van der Waals surface area contributed by atoms with E-state index in [0.717, 1.165) is 16.8 Å². The summed E-state index contributed by atoms with van der Waals surface area (Å²) in [5.41, 5.74) is 3.18. The summed E-state index contributed by atoms with van der Waals surface area (Å²) in [6.07, 6.45) is 0. The number of benzene rings is 2. The minimum Gasteiger partial charge on any atom is -0.507 e. The van der Waals surface area contributed by atoms with Crippen LogP contribution in [0.1, 0.15) is 11.1 Å². The molecule has 5 nitrogen and oxygen atoms in total. The number of nitrogens with one attached hydrogen (secondary N) is 2. The molecule has 0 saturated carbocycles. The second kappa shape index (κ2) is 5.36. The summed E-state index contributed by atoms with van der Waals surface area (Å²) < 4.78 is 5.31. The molecule has 1 heterocycles. The van der Waals surface area contributed by atoms with Gasteiger partial charge in [0.15, 0.2) is 6.61 Å². The van der Waals surface area contributed by atoms with Gasteiger partial charge in [-0.1, -0.05) is 18.2 Å². The number of anilines is 2. The standard InChI is InChI=1S/C16H16N2O3/c1-10-3-2-4-11(16(10)20)8-17-12-5-6-14-13(7-12)18-15(19)9-21-14/h2-7,17,20H,8-9H2,1H3,(H,18,19). The number of para-hydroxylation sites is 1. The maximum atomic E-state index is 11.3. The monoisotopic (exact) mass is 284 g/mol. The molecule has 5 heteroatoms. The number of carbonyl (C=O) groups excluding carboxylic acids is 1. The molecule has 0 fully saturated rings. The van der Waals surface area contributed by atoms with E-state index in [1.807, 2.05) is 43.3 Å². The van der Waals surface area contributed by atoms with Crippen molar-refractivity contribution in [3.8, 4) is 11.5 Å². The van der Waals surface area contributed by atoms with Gasteiger partial charge in [-0.3, -0.25) is 4.79 Å². The second-order valence-electron chi connectivity index (χ2n) is 4.98. The van der Waals surface area contributed by atoms with Crippen LogP contribution in [0.5, 0.6) is 11.5 Å². The molecule has 0 bridgehead atoms. The highest BCUT2D eigenvalue weighted by molar-refractivity contribution is 5.96. The Morgan fingerprint density at radius 2 is 2.19 bits per heavy atom. The maximum absolute atomic E-state index is 11.3. The highest BCUT2D eigenvalue weighted by atomic mass is 16.5. The number of hydrogen-bond donors (Lipinski definition) is 3. The Bertz CT molecular complexity index is 698. The smallest absolute Gasteiger partial charge is 0.262 e. The molecule has 1 aliphatic rings. The van der Waals surface area contributed by atoms with E-state index in [4.69, 9.17) is 4.74 Å². The van der Waals surface area contributed by atoms with Crippen molar-refractivity contribution in [3.05, 3.63) is 47.5 Å². The van der Waals surface area contributed by atoms with E-state index in [9.17, 15) is 9.90 Å². The highest BCUT2D eigenvalue weighted by Gasteiger charge is 2.15. The molecule has 0 radical (unpaired) electrons. The zero-order chi connectivity index (χ0) is 14.8. The number of rotatable bonds is 3. The molecule has 3 N–H and O–H groups in total. The molecule has 0 spiro atoms. The molecule has 3 rings (SSSR count). The zero-order valence-corrected chi connectivity index (χ0v) is 11.6. The number of carbonyl (C=O) groups is 1. The highest BCUT2D eigenvalue weighted by Crippen LogP contribution is 2.31. The van der Waals surface area contributed by atoms with Crippen LogP contribution in [0.25, 0.3) is 0 Å². The number of ether oxygens (including phenoxy) is 1. The maximum Gasteiger partial charge on any atom is 0.262 e. The van der Waals surface area contributed by atoms with Crippen molar-refractivity contribution in [3.63, 3.8) is 0 Å². The molecule has 0 aromatic heterocycles. The minimum absolute atomic E-state index is 0.0525. The van der Waals surface area contributed by atoms with Crippen LogP contribution in [0, 0.1) is 6.92 Å². The van der Waals surface area contributed by atoms with Gasteiger partial charge in [-0.05, 0) is 30.7 Å². The van der Waals surface area contributed by atoms with E-state index in [2.05, 4.69) is 10.6 Å². The first-order valence-electron chi connectivity index (χ1n) is 6.71. The topological polar surface area (TPSA) is 70.6 Å². The normalized spacial score (nSPS) is 13.1. The van der Waals surface area contributed by atoms with Crippen molar-refractivity contribution in [2.75, 3.05) is 17.2 Å². The Morgan fingerprint density at radius 1 is 1.33 bits per heavy atom. The molecule has 1 amide bonds. The summed E-state index contributed by atoms with van der Waals surface area (Å²) in [5.74, 6) is 0.814. The van der Waals surface area contributed by atoms with Crippen molar-refractivity contribution in [1.29, 1.82) is 0 Å². The summed E-state index contributed by atoms with van der Waals surface area (Å²) in [4.78, 5) is 11.3. The molecule has 1 aliphatic heterocycles. The first kappa shape index (κ1) is 13.3. The van der Waals surface area contributed by atoms with Crippen LogP contribution in [-0.4, -0.2) is 17.6 Å². The lowest BCUT2D eigenvalue weighted by Gasteiger charge is -2.19. The van der Waals surface area contributed by atoms with Gasteiger partial charge in [-0.25, -0.2) is 0 Å². The van der Waals surface area contributed by atoms with Crippen molar-refractivity contribution in [2.24, 2.45) is 0 Å². The first-order valence-corrected chi connectivity index (χ1v) is 6.71. The van der Waals surface area contributed by atoms with Crippen molar-refractivity contribution >= 4 is 17.3 Å². The number of aromatic hydroxyl groups is 1. The van der Waals surface area contributed by atoms with Gasteiger partial charge in [-0.2, -0.15) is 0 Å². The van der Waals surface area contributed by atoms with Gasteiger partial charge >= 0.3 is 0 Å². The van der Waals surface area contributed by atoms with Crippen LogP contribution in [0.3, 0.4) is 0 Å². The Morgan fingerprint density at radius 3 is 3.05 bits per heavy atom. The molecule has 0 saturated heterocycles. The summed E-state index contributed by atoms with van der Waals surface area (Å²) >= 11 is 0. The molecular formula is C16H16N2O3. The third kappa shape index (κ3) is 2.76. The fraction of sp³-hybridized carbons (Fsp3) is 0.188. The quantitative estimate of drug-likeness (QED) is 0.810. The summed E-state index contributed by atoms with van der Waals surface area (Å²) in [6, 6.07) is 11.2. The van der Waals surface area contributed by atoms with Crippen LogP contribution in [0.4, 0.5) is 11.4 Å². The van der Waals surface area contributed by atoms with Crippen LogP contribution in [0.15, 0.2) is 36.4 Å². The number of hydrogen-bond acceptors (Lipinski definition) is 4. The Labute approximate surface area is 122 Å².